The zero-order valence-electron chi connectivity index (χ0n) is 14.1. The van der Waals surface area contributed by atoms with Crippen molar-refractivity contribution in [2.45, 2.75) is 13.0 Å². The van der Waals surface area contributed by atoms with E-state index in [1.54, 1.807) is 4.90 Å². The quantitative estimate of drug-likeness (QED) is 0.747. The Morgan fingerprint density at radius 3 is 2.77 bits per heavy atom. The first-order chi connectivity index (χ1) is 12.6. The summed E-state index contributed by atoms with van der Waals surface area (Å²) in [6.45, 7) is 1.03. The molecule has 0 radical (unpaired) electrons. The second-order valence-electron chi connectivity index (χ2n) is 6.31. The first kappa shape index (κ1) is 16.1. The normalized spacial score (nSPS) is 14.5. The number of H-pyrrole nitrogens is 2. The molecular formula is C19H18N4O3. The van der Waals surface area contributed by atoms with Crippen LogP contribution >= 0.6 is 0 Å². The molecule has 1 aliphatic heterocycles. The lowest BCUT2D eigenvalue weighted by atomic mass is 9.99. The number of benzene rings is 1. The van der Waals surface area contributed by atoms with Gasteiger partial charge in [0.05, 0.1) is 0 Å². The van der Waals surface area contributed by atoms with Gasteiger partial charge in [0.1, 0.15) is 6.54 Å². The van der Waals surface area contributed by atoms with E-state index in [0.29, 0.717) is 13.1 Å². The van der Waals surface area contributed by atoms with Crippen molar-refractivity contribution in [1.82, 2.24) is 19.4 Å². The zero-order valence-corrected chi connectivity index (χ0v) is 14.1. The Morgan fingerprint density at radius 2 is 2.00 bits per heavy atom. The van der Waals surface area contributed by atoms with E-state index in [9.17, 15) is 14.4 Å². The first-order valence-electron chi connectivity index (χ1n) is 8.45. The number of carbonyl (C=O) groups excluding carboxylic acids is 1. The van der Waals surface area contributed by atoms with Crippen molar-refractivity contribution in [3.05, 3.63) is 75.2 Å². The highest BCUT2D eigenvalue weighted by Crippen LogP contribution is 2.29. The third-order valence-electron chi connectivity index (χ3n) is 4.70. The van der Waals surface area contributed by atoms with Crippen LogP contribution in [0.2, 0.25) is 0 Å². The molecule has 0 bridgehead atoms. The van der Waals surface area contributed by atoms with Crippen LogP contribution in [0.1, 0.15) is 12.0 Å². The van der Waals surface area contributed by atoms with Crippen LogP contribution in [0, 0.1) is 0 Å². The van der Waals surface area contributed by atoms with Crippen LogP contribution in [-0.2, 0) is 11.3 Å². The van der Waals surface area contributed by atoms with Crippen molar-refractivity contribution >= 4 is 22.4 Å². The lowest BCUT2D eigenvalue weighted by Crippen LogP contribution is -2.40. The number of aromatic nitrogens is 3. The summed E-state index contributed by atoms with van der Waals surface area (Å²) in [5, 5.41) is 1.18. The maximum atomic E-state index is 12.4. The molecule has 2 N–H and O–H groups in total. The van der Waals surface area contributed by atoms with Gasteiger partial charge < -0.3 is 9.88 Å². The van der Waals surface area contributed by atoms with Crippen molar-refractivity contribution in [2.75, 3.05) is 13.1 Å². The zero-order chi connectivity index (χ0) is 18.1. The van der Waals surface area contributed by atoms with E-state index < -0.39 is 11.2 Å². The predicted molar refractivity (Wildman–Crippen MR) is 98.8 cm³/mol. The third-order valence-corrected chi connectivity index (χ3v) is 4.70. The van der Waals surface area contributed by atoms with Gasteiger partial charge in [0.2, 0.25) is 5.91 Å². The summed E-state index contributed by atoms with van der Waals surface area (Å²) in [5.41, 5.74) is 2.44. The van der Waals surface area contributed by atoms with Gasteiger partial charge in [-0.05, 0) is 18.1 Å². The van der Waals surface area contributed by atoms with Crippen LogP contribution in [0.15, 0.2) is 58.4 Å². The Morgan fingerprint density at radius 1 is 1.15 bits per heavy atom. The summed E-state index contributed by atoms with van der Waals surface area (Å²) in [5.74, 6) is -0.145. The molecule has 0 spiro atoms. The van der Waals surface area contributed by atoms with Crippen molar-refractivity contribution in [2.24, 2.45) is 0 Å². The largest absolute Gasteiger partial charge is 0.361 e. The maximum absolute atomic E-state index is 12.4. The molecule has 0 saturated carbocycles. The van der Waals surface area contributed by atoms with Crippen LogP contribution in [-0.4, -0.2) is 38.4 Å². The van der Waals surface area contributed by atoms with Gasteiger partial charge in [0.25, 0.3) is 5.56 Å². The molecule has 26 heavy (non-hydrogen) atoms. The molecule has 1 amide bonds. The van der Waals surface area contributed by atoms with Crippen LogP contribution < -0.4 is 11.2 Å². The molecule has 0 saturated heterocycles. The standard InChI is InChI=1S/C19H18N4O3/c24-17-7-10-23(19(26)21-17)12-18(25)22-8-5-13(6-9-22)15-11-20-16-4-2-1-3-14(15)16/h1-5,7,10-11,20H,6,8-9,12H2,(H,21,24,26). The molecule has 0 fully saturated rings. The highest BCUT2D eigenvalue weighted by atomic mass is 16.2. The van der Waals surface area contributed by atoms with Gasteiger partial charge in [0.15, 0.2) is 0 Å². The Labute approximate surface area is 148 Å². The average Bonchev–Trinajstić information content (AvgIpc) is 3.08. The number of nitrogens with zero attached hydrogens (tertiary/aromatic N) is 2. The average molecular weight is 350 g/mol. The number of rotatable bonds is 3. The van der Waals surface area contributed by atoms with Crippen LogP contribution in [0.4, 0.5) is 0 Å². The smallest absolute Gasteiger partial charge is 0.328 e. The molecule has 132 valence electrons. The van der Waals surface area contributed by atoms with Gasteiger partial charge in [-0.15, -0.1) is 0 Å². The van der Waals surface area contributed by atoms with Gasteiger partial charge >= 0.3 is 5.69 Å². The Kier molecular flexibility index (Phi) is 4.04. The van der Waals surface area contributed by atoms with E-state index in [-0.39, 0.29) is 12.5 Å². The van der Waals surface area contributed by atoms with Crippen LogP contribution in [0.25, 0.3) is 16.5 Å². The molecule has 0 unspecified atom stereocenters. The minimum Gasteiger partial charge on any atom is -0.361 e. The number of hydrogen-bond acceptors (Lipinski definition) is 3. The van der Waals surface area contributed by atoms with Crippen LogP contribution in [0.5, 0.6) is 0 Å². The van der Waals surface area contributed by atoms with Crippen LogP contribution in [0.3, 0.4) is 0 Å². The molecule has 1 aliphatic rings. The fourth-order valence-corrected chi connectivity index (χ4v) is 3.29. The Bertz CT molecular complexity index is 1120. The van der Waals surface area contributed by atoms with Gasteiger partial charge in [-0.1, -0.05) is 24.3 Å². The van der Waals surface area contributed by atoms with E-state index in [0.717, 1.165) is 11.9 Å². The fourth-order valence-electron chi connectivity index (χ4n) is 3.29. The van der Waals surface area contributed by atoms with Gasteiger partial charge in [-0.25, -0.2) is 4.79 Å². The minimum absolute atomic E-state index is 0.0775. The number of para-hydroxylation sites is 1. The molecule has 0 aliphatic carbocycles. The van der Waals surface area contributed by atoms with Crippen molar-refractivity contribution in [3.63, 3.8) is 0 Å². The molecule has 2 aromatic heterocycles. The Hall–Kier alpha value is -3.35. The third kappa shape index (κ3) is 2.99. The van der Waals surface area contributed by atoms with E-state index in [1.165, 1.54) is 33.4 Å². The summed E-state index contributed by atoms with van der Waals surface area (Å²) >= 11 is 0. The lowest BCUT2D eigenvalue weighted by Gasteiger charge is -2.26. The number of fused-ring (bicyclic) bond motifs is 1. The first-order valence-corrected chi connectivity index (χ1v) is 8.45. The summed E-state index contributed by atoms with van der Waals surface area (Å²) < 4.78 is 1.21. The molecule has 1 aromatic carbocycles. The summed E-state index contributed by atoms with van der Waals surface area (Å²) in [7, 11) is 0. The molecule has 3 heterocycles. The molecule has 4 rings (SSSR count). The topological polar surface area (TPSA) is 91.0 Å². The number of carbonyl (C=O) groups is 1. The van der Waals surface area contributed by atoms with E-state index in [4.69, 9.17) is 0 Å². The van der Waals surface area contributed by atoms with E-state index in [2.05, 4.69) is 22.1 Å². The number of aromatic amines is 2. The predicted octanol–water partition coefficient (Wildman–Crippen LogP) is 1.33. The van der Waals surface area contributed by atoms with E-state index in [1.807, 2.05) is 24.4 Å². The molecule has 3 aromatic rings. The highest BCUT2D eigenvalue weighted by Gasteiger charge is 2.19. The van der Waals surface area contributed by atoms with Gasteiger partial charge in [-0.2, -0.15) is 0 Å². The number of nitrogens with one attached hydrogen (secondary N) is 2. The fraction of sp³-hybridized carbons (Fsp3) is 0.211. The second-order valence-corrected chi connectivity index (χ2v) is 6.31. The second kappa shape index (κ2) is 6.51. The van der Waals surface area contributed by atoms with Crippen molar-refractivity contribution < 1.29 is 4.79 Å². The number of hydrogen-bond donors (Lipinski definition) is 2. The van der Waals surface area contributed by atoms with Gasteiger partial charge in [0, 0.05) is 48.0 Å². The molecular weight excluding hydrogens is 332 g/mol. The maximum Gasteiger partial charge on any atom is 0.328 e. The summed E-state index contributed by atoms with van der Waals surface area (Å²) in [6, 6.07) is 9.37. The van der Waals surface area contributed by atoms with Crippen molar-refractivity contribution in [1.29, 1.82) is 0 Å². The SMILES string of the molecule is O=C(Cn1ccc(=O)[nH]c1=O)N1CC=C(c2c[nH]c3ccccc23)CC1. The Balaban J connectivity index is 1.49. The highest BCUT2D eigenvalue weighted by molar-refractivity contribution is 5.93. The molecule has 7 nitrogen and oxygen atoms in total. The monoisotopic (exact) mass is 350 g/mol. The number of amides is 1. The van der Waals surface area contributed by atoms with E-state index >= 15 is 0 Å². The summed E-state index contributed by atoms with van der Waals surface area (Å²) in [4.78, 5) is 42.4. The molecule has 0 atom stereocenters. The van der Waals surface area contributed by atoms with Gasteiger partial charge in [-0.3, -0.25) is 19.1 Å². The van der Waals surface area contributed by atoms with Crippen molar-refractivity contribution in [3.8, 4) is 0 Å². The minimum atomic E-state index is -0.571. The summed E-state index contributed by atoms with van der Waals surface area (Å²) in [6.07, 6.45) is 6.17. The lowest BCUT2D eigenvalue weighted by molar-refractivity contribution is -0.131. The molecule has 7 heteroatoms.